The minimum absolute atomic E-state index is 0.139. The summed E-state index contributed by atoms with van der Waals surface area (Å²) in [5, 5.41) is 23.6. The van der Waals surface area contributed by atoms with Gasteiger partial charge in [0, 0.05) is 6.08 Å². The van der Waals surface area contributed by atoms with Gasteiger partial charge in [0.15, 0.2) is 0 Å². The van der Waals surface area contributed by atoms with Crippen LogP contribution >= 0.6 is 0 Å². The van der Waals surface area contributed by atoms with Crippen molar-refractivity contribution in [1.29, 1.82) is 0 Å². The fourth-order valence-electron chi connectivity index (χ4n) is 0. The molecule has 0 aliphatic rings. The molecule has 0 radical (unpaired) electrons. The van der Waals surface area contributed by atoms with Crippen LogP contribution in [0.1, 0.15) is 6.92 Å². The molecule has 3 N–H and O–H groups in total. The maximum Gasteiger partial charge on any atom is 0.327 e. The summed E-state index contributed by atoms with van der Waals surface area (Å²) in [4.78, 5) is 9.25. The van der Waals surface area contributed by atoms with Gasteiger partial charge in [-0.15, -0.1) is 0 Å². The molecule has 1 atom stereocenters. The molecule has 0 aromatic rings. The molecule has 10 heavy (non-hydrogen) atoms. The first kappa shape index (κ1) is 11.9. The number of rotatable bonds is 2. The number of aliphatic carboxylic acids is 1. The largest absolute Gasteiger partial charge is 0.478 e. The maximum absolute atomic E-state index is 9.25. The Kier molecular flexibility index (Phi) is 9.65. The van der Waals surface area contributed by atoms with E-state index in [9.17, 15) is 4.79 Å². The molecule has 0 saturated carbocycles. The first-order valence-electron chi connectivity index (χ1n) is 2.68. The Labute approximate surface area is 59.4 Å². The quantitative estimate of drug-likeness (QED) is 0.466. The van der Waals surface area contributed by atoms with Crippen LogP contribution in [0.3, 0.4) is 0 Å². The number of carboxylic acids is 1. The van der Waals surface area contributed by atoms with E-state index < -0.39 is 12.1 Å². The second kappa shape index (κ2) is 8.13. The van der Waals surface area contributed by atoms with Crippen LogP contribution in [-0.2, 0) is 4.79 Å². The molecule has 4 heteroatoms. The van der Waals surface area contributed by atoms with Crippen molar-refractivity contribution < 1.29 is 20.1 Å². The van der Waals surface area contributed by atoms with Gasteiger partial charge in [0.1, 0.15) is 0 Å². The van der Waals surface area contributed by atoms with Gasteiger partial charge in [0.2, 0.25) is 0 Å². The summed E-state index contributed by atoms with van der Waals surface area (Å²) in [6.45, 7) is 4.35. The Morgan fingerprint density at radius 1 is 1.80 bits per heavy atom. The summed E-state index contributed by atoms with van der Waals surface area (Å²) < 4.78 is 0. The summed E-state index contributed by atoms with van der Waals surface area (Å²) in [7, 11) is 0. The van der Waals surface area contributed by atoms with Gasteiger partial charge in [-0.3, -0.25) is 0 Å². The lowest BCUT2D eigenvalue weighted by molar-refractivity contribution is -0.131. The molecule has 0 amide bonds. The van der Waals surface area contributed by atoms with Crippen LogP contribution in [0.25, 0.3) is 0 Å². The van der Waals surface area contributed by atoms with E-state index in [-0.39, 0.29) is 6.61 Å². The van der Waals surface area contributed by atoms with E-state index in [1.165, 1.54) is 6.92 Å². The SMILES string of the molecule is C=CC(=O)O.CC(O)CO. The van der Waals surface area contributed by atoms with E-state index in [1.807, 2.05) is 0 Å². The summed E-state index contributed by atoms with van der Waals surface area (Å²) in [6.07, 6.45) is 0.273. The highest BCUT2D eigenvalue weighted by molar-refractivity contribution is 5.78. The molecule has 60 valence electrons. The summed E-state index contributed by atoms with van der Waals surface area (Å²) in [6, 6.07) is 0. The van der Waals surface area contributed by atoms with E-state index in [4.69, 9.17) is 15.3 Å². The molecular formula is C6H12O4. The Morgan fingerprint density at radius 3 is 2.00 bits per heavy atom. The normalized spacial score (nSPS) is 10.7. The van der Waals surface area contributed by atoms with Gasteiger partial charge < -0.3 is 15.3 Å². The highest BCUT2D eigenvalue weighted by atomic mass is 16.4. The molecule has 0 rings (SSSR count). The first-order chi connectivity index (χ1) is 4.54. The molecule has 1 unspecified atom stereocenters. The minimum Gasteiger partial charge on any atom is -0.478 e. The average molecular weight is 148 g/mol. The van der Waals surface area contributed by atoms with Crippen LogP contribution in [0, 0.1) is 0 Å². The molecular weight excluding hydrogens is 136 g/mol. The van der Waals surface area contributed by atoms with Crippen molar-refractivity contribution in [2.45, 2.75) is 13.0 Å². The zero-order valence-electron chi connectivity index (χ0n) is 5.82. The van der Waals surface area contributed by atoms with Crippen LogP contribution < -0.4 is 0 Å². The number of carbonyl (C=O) groups is 1. The number of carboxylic acid groups (broad SMARTS) is 1. The van der Waals surface area contributed by atoms with Gasteiger partial charge in [-0.2, -0.15) is 0 Å². The molecule has 0 spiro atoms. The lowest BCUT2D eigenvalue weighted by Gasteiger charge is -1.90. The van der Waals surface area contributed by atoms with Crippen molar-refractivity contribution in [2.24, 2.45) is 0 Å². The maximum atomic E-state index is 9.25. The summed E-state index contributed by atoms with van der Waals surface area (Å²) in [5.41, 5.74) is 0. The monoisotopic (exact) mass is 148 g/mol. The van der Waals surface area contributed by atoms with Gasteiger partial charge in [-0.1, -0.05) is 6.58 Å². The second-order valence-corrected chi connectivity index (χ2v) is 1.57. The standard InChI is InChI=1S/C3H8O2.C3H4O2/c1-3(5)2-4;1-2-3(4)5/h3-5H,2H2,1H3;2H,1H2,(H,4,5). The van der Waals surface area contributed by atoms with Crippen molar-refractivity contribution in [3.63, 3.8) is 0 Å². The molecule has 0 bridgehead atoms. The zero-order valence-corrected chi connectivity index (χ0v) is 5.82. The van der Waals surface area contributed by atoms with Crippen molar-refractivity contribution in [2.75, 3.05) is 6.61 Å². The fraction of sp³-hybridized carbons (Fsp3) is 0.500. The van der Waals surface area contributed by atoms with E-state index in [0.717, 1.165) is 6.08 Å². The second-order valence-electron chi connectivity index (χ2n) is 1.57. The summed E-state index contributed by atoms with van der Waals surface area (Å²) >= 11 is 0. The van der Waals surface area contributed by atoms with Gasteiger partial charge in [-0.25, -0.2) is 4.79 Å². The summed E-state index contributed by atoms with van der Waals surface area (Å²) in [5.74, 6) is -0.981. The van der Waals surface area contributed by atoms with Gasteiger partial charge in [0.05, 0.1) is 12.7 Å². The van der Waals surface area contributed by atoms with Crippen LogP contribution in [0.2, 0.25) is 0 Å². The van der Waals surface area contributed by atoms with Crippen LogP contribution in [-0.4, -0.2) is 34.0 Å². The number of hydrogen-bond acceptors (Lipinski definition) is 3. The highest BCUT2D eigenvalue weighted by Crippen LogP contribution is 1.68. The molecule has 0 aliphatic heterocycles. The van der Waals surface area contributed by atoms with Crippen molar-refractivity contribution >= 4 is 5.97 Å². The number of hydrogen-bond donors (Lipinski definition) is 3. The third-order valence-electron chi connectivity index (χ3n) is 0.439. The van der Waals surface area contributed by atoms with Gasteiger partial charge >= 0.3 is 5.97 Å². The van der Waals surface area contributed by atoms with Crippen molar-refractivity contribution in [1.82, 2.24) is 0 Å². The lowest BCUT2D eigenvalue weighted by Crippen LogP contribution is -2.03. The molecule has 4 nitrogen and oxygen atoms in total. The highest BCUT2D eigenvalue weighted by Gasteiger charge is 1.83. The number of aliphatic hydroxyl groups excluding tert-OH is 2. The average Bonchev–Trinajstić information content (AvgIpc) is 1.89. The van der Waals surface area contributed by atoms with Crippen LogP contribution in [0.15, 0.2) is 12.7 Å². The Balaban J connectivity index is 0. The molecule has 0 aliphatic carbocycles. The molecule has 0 fully saturated rings. The minimum atomic E-state index is -0.981. The van der Waals surface area contributed by atoms with Crippen molar-refractivity contribution in [3.8, 4) is 0 Å². The van der Waals surface area contributed by atoms with E-state index in [0.29, 0.717) is 0 Å². The first-order valence-corrected chi connectivity index (χ1v) is 2.68. The Morgan fingerprint density at radius 2 is 2.00 bits per heavy atom. The predicted octanol–water partition coefficient (Wildman–Crippen LogP) is -0.383. The van der Waals surface area contributed by atoms with Crippen LogP contribution in [0.4, 0.5) is 0 Å². The third-order valence-corrected chi connectivity index (χ3v) is 0.439. The number of aliphatic hydroxyl groups is 2. The molecule has 0 aromatic carbocycles. The topological polar surface area (TPSA) is 77.8 Å². The van der Waals surface area contributed by atoms with Crippen LogP contribution in [0.5, 0.6) is 0 Å². The van der Waals surface area contributed by atoms with E-state index in [2.05, 4.69) is 6.58 Å². The fourth-order valence-corrected chi connectivity index (χ4v) is 0. The van der Waals surface area contributed by atoms with Crippen molar-refractivity contribution in [3.05, 3.63) is 12.7 Å². The Hall–Kier alpha value is -0.870. The molecule has 0 saturated heterocycles. The predicted molar refractivity (Wildman–Crippen MR) is 36.6 cm³/mol. The lowest BCUT2D eigenvalue weighted by atomic mass is 10.5. The van der Waals surface area contributed by atoms with Gasteiger partial charge in [-0.05, 0) is 6.92 Å². The third kappa shape index (κ3) is 27.3. The zero-order chi connectivity index (χ0) is 8.57. The van der Waals surface area contributed by atoms with E-state index >= 15 is 0 Å². The smallest absolute Gasteiger partial charge is 0.327 e. The van der Waals surface area contributed by atoms with E-state index in [1.54, 1.807) is 0 Å². The van der Waals surface area contributed by atoms with Gasteiger partial charge in [0.25, 0.3) is 0 Å². The Bertz CT molecular complexity index is 97.9. The molecule has 0 aromatic heterocycles. The molecule has 0 heterocycles.